The summed E-state index contributed by atoms with van der Waals surface area (Å²) in [5, 5.41) is 30.7. The first-order valence-electron chi connectivity index (χ1n) is 12.9. The van der Waals surface area contributed by atoms with Gasteiger partial charge in [0.15, 0.2) is 11.6 Å². The summed E-state index contributed by atoms with van der Waals surface area (Å²) in [4.78, 5) is 16.9. The van der Waals surface area contributed by atoms with Crippen molar-refractivity contribution in [3.63, 3.8) is 0 Å². The van der Waals surface area contributed by atoms with Crippen LogP contribution in [0.3, 0.4) is 0 Å². The number of halogens is 1. The van der Waals surface area contributed by atoms with Crippen molar-refractivity contribution in [3.05, 3.63) is 77.9 Å². The zero-order valence-electron chi connectivity index (χ0n) is 23.0. The number of unbranched alkanes of at least 4 members (excludes halogenated alkanes) is 1. The summed E-state index contributed by atoms with van der Waals surface area (Å²) in [6.07, 6.45) is 5.72. The quantitative estimate of drug-likeness (QED) is 0.0503. The van der Waals surface area contributed by atoms with Gasteiger partial charge in [0.2, 0.25) is 0 Å². The Morgan fingerprint density at radius 3 is 2.50 bits per heavy atom. The van der Waals surface area contributed by atoms with E-state index in [0.29, 0.717) is 29.5 Å². The summed E-state index contributed by atoms with van der Waals surface area (Å²) < 4.78 is 1.72. The molecular weight excluding hydrogens is 634 g/mol. The van der Waals surface area contributed by atoms with Crippen molar-refractivity contribution < 1.29 is 4.79 Å². The number of rotatable bonds is 10. The molecule has 2 aromatic carbocycles. The van der Waals surface area contributed by atoms with Gasteiger partial charge in [0, 0.05) is 40.6 Å². The number of amides is 1. The maximum absolute atomic E-state index is 12.4. The molecule has 208 valence electrons. The average molecular weight is 669 g/mol. The smallest absolute Gasteiger partial charge is 0.258 e. The molecule has 4 rings (SSSR count). The molecule has 11 heteroatoms. The van der Waals surface area contributed by atoms with Crippen molar-refractivity contribution in [2.24, 2.45) is 0 Å². The summed E-state index contributed by atoms with van der Waals surface area (Å²) in [6.45, 7) is 7.83. The van der Waals surface area contributed by atoms with E-state index in [0.717, 1.165) is 34.1 Å². The second-order valence-electron chi connectivity index (χ2n) is 8.73. The van der Waals surface area contributed by atoms with Gasteiger partial charge in [-0.3, -0.25) is 4.79 Å². The lowest BCUT2D eigenvalue weighted by Crippen LogP contribution is -2.16. The average Bonchev–Trinajstić information content (AvgIpc) is 3.33. The fourth-order valence-corrected chi connectivity index (χ4v) is 4.83. The Hall–Kier alpha value is -3.63. The highest BCUT2D eigenvalue weighted by molar-refractivity contribution is 14.2. The Labute approximate surface area is 249 Å². The summed E-state index contributed by atoms with van der Waals surface area (Å²) in [7, 11) is 0. The van der Waals surface area contributed by atoms with E-state index in [-0.39, 0.29) is 5.57 Å². The van der Waals surface area contributed by atoms with Crippen molar-refractivity contribution in [2.75, 3.05) is 15.7 Å². The van der Waals surface area contributed by atoms with Crippen LogP contribution in [-0.2, 0) is 4.79 Å². The summed E-state index contributed by atoms with van der Waals surface area (Å²) in [5.74, 6) is 1.14. The van der Waals surface area contributed by atoms with E-state index < -0.39 is 5.91 Å². The minimum atomic E-state index is -0.400. The number of benzene rings is 2. The molecule has 0 bridgehead atoms. The summed E-state index contributed by atoms with van der Waals surface area (Å²) in [6, 6.07) is 19.0. The van der Waals surface area contributed by atoms with Gasteiger partial charge in [-0.15, -0.1) is 5.10 Å². The molecule has 40 heavy (non-hydrogen) atoms. The zero-order valence-corrected chi connectivity index (χ0v) is 26.1. The molecule has 1 amide bonds. The third kappa shape index (κ3) is 7.73. The topological polar surface area (TPSA) is 132 Å². The van der Waals surface area contributed by atoms with E-state index in [9.17, 15) is 4.79 Å². The van der Waals surface area contributed by atoms with E-state index in [1.54, 1.807) is 36.7 Å². The molecule has 2 heterocycles. The minimum absolute atomic E-state index is 0.248. The van der Waals surface area contributed by atoms with E-state index in [2.05, 4.69) is 56.6 Å². The first-order valence-corrected chi connectivity index (χ1v) is 17.0. The van der Waals surface area contributed by atoms with Crippen LogP contribution >= 0.6 is 28.4 Å². The number of carbonyl (C=O) groups excluding carboxylic acids is 1. The molecule has 0 radical (unpaired) electrons. The van der Waals surface area contributed by atoms with Gasteiger partial charge in [-0.05, 0) is 78.4 Å². The van der Waals surface area contributed by atoms with Crippen LogP contribution in [0.4, 0.5) is 23.0 Å². The molecule has 0 saturated carbocycles. The fourth-order valence-electron chi connectivity index (χ4n) is 3.64. The number of hydrogen-bond donors (Lipinski definition) is 5. The molecule has 0 fully saturated rings. The highest BCUT2D eigenvalue weighted by atomic mass is 127. The van der Waals surface area contributed by atoms with Gasteiger partial charge in [0.25, 0.3) is 5.91 Å². The first-order chi connectivity index (χ1) is 19.4. The van der Waals surface area contributed by atoms with Gasteiger partial charge < -0.3 is 26.5 Å². The van der Waals surface area contributed by atoms with Crippen LogP contribution in [0.25, 0.3) is 16.7 Å². The number of allylic oxidation sites excluding steroid dienone is 1. The Morgan fingerprint density at radius 2 is 1.85 bits per heavy atom. The van der Waals surface area contributed by atoms with Crippen LogP contribution in [-0.4, -0.2) is 32.6 Å². The first kappa shape index (κ1) is 30.9. The zero-order chi connectivity index (χ0) is 29.1. The van der Waals surface area contributed by atoms with Crippen LogP contribution in [0, 0.1) is 10.8 Å². The van der Waals surface area contributed by atoms with Crippen molar-refractivity contribution in [3.8, 4) is 5.82 Å². The SMILES string of the molecule is C/C=C(\C=N)C(=O)Nc1cccc(-n2nc(Nc3ccc(NPI)c(C(C)=N)c3)c3ccccc32)n1.CCCC. The molecule has 0 saturated heterocycles. The van der Waals surface area contributed by atoms with Gasteiger partial charge in [-0.2, -0.15) is 0 Å². The molecule has 5 N–H and O–H groups in total. The van der Waals surface area contributed by atoms with Gasteiger partial charge in [0.1, 0.15) is 5.82 Å². The van der Waals surface area contributed by atoms with Gasteiger partial charge >= 0.3 is 0 Å². The molecule has 1 unspecified atom stereocenters. The van der Waals surface area contributed by atoms with Crippen LogP contribution < -0.4 is 15.7 Å². The second kappa shape index (κ2) is 15.2. The van der Waals surface area contributed by atoms with Crippen LogP contribution in [0.2, 0.25) is 0 Å². The Kier molecular flexibility index (Phi) is 11.8. The predicted octanol–water partition coefficient (Wildman–Crippen LogP) is 8.25. The number of fused-ring (bicyclic) bond motifs is 1. The second-order valence-corrected chi connectivity index (χ2v) is 10.8. The van der Waals surface area contributed by atoms with E-state index in [1.807, 2.05) is 48.5 Å². The summed E-state index contributed by atoms with van der Waals surface area (Å²) in [5.41, 5.74) is 4.12. The largest absolute Gasteiger partial charge is 0.358 e. The van der Waals surface area contributed by atoms with Crippen LogP contribution in [0.15, 0.2) is 72.3 Å². The van der Waals surface area contributed by atoms with Crippen molar-refractivity contribution >= 4 is 80.2 Å². The lowest BCUT2D eigenvalue weighted by Gasteiger charge is -2.12. The number of para-hydroxylation sites is 1. The lowest BCUT2D eigenvalue weighted by atomic mass is 10.1. The molecule has 0 aliphatic carbocycles. The van der Waals surface area contributed by atoms with Gasteiger partial charge in [-0.25, -0.2) is 9.67 Å². The lowest BCUT2D eigenvalue weighted by molar-refractivity contribution is -0.112. The number of pyridine rings is 1. The predicted molar refractivity (Wildman–Crippen MR) is 179 cm³/mol. The molecule has 0 spiro atoms. The van der Waals surface area contributed by atoms with Crippen molar-refractivity contribution in [1.29, 1.82) is 10.8 Å². The summed E-state index contributed by atoms with van der Waals surface area (Å²) >= 11 is 2.27. The number of hydrogen-bond acceptors (Lipinski definition) is 7. The van der Waals surface area contributed by atoms with Crippen molar-refractivity contribution in [2.45, 2.75) is 40.5 Å². The molecule has 2 aromatic heterocycles. The fraction of sp³-hybridized carbons (Fsp3) is 0.207. The number of nitrogens with zero attached hydrogens (tertiary/aromatic N) is 3. The highest BCUT2D eigenvalue weighted by Crippen LogP contribution is 2.32. The van der Waals surface area contributed by atoms with Gasteiger partial charge in [-0.1, -0.05) is 51.0 Å². The number of anilines is 4. The van der Waals surface area contributed by atoms with Gasteiger partial charge in [0.05, 0.1) is 11.1 Å². The standard InChI is InChI=1S/C25H24IN8OP.C4H10/c1-3-16(14-27)25(35)31-22-9-6-10-23(30-22)34-21-8-5-4-7-18(21)24(32-34)29-17-11-12-20(33-36-26)19(13-17)15(2)28;1-3-4-2/h3-14,27-28,33,36H,1-2H3,(H,29,32)(H,30,31,35);3-4H2,1-2H3/b16-3+,27-14?,28-15?;. The Bertz CT molecular complexity index is 1530. The molecule has 9 nitrogen and oxygen atoms in total. The highest BCUT2D eigenvalue weighted by Gasteiger charge is 2.15. The minimum Gasteiger partial charge on any atom is -0.358 e. The number of nitrogens with one attached hydrogen (secondary N) is 5. The molecule has 4 aromatic rings. The maximum Gasteiger partial charge on any atom is 0.258 e. The van der Waals surface area contributed by atoms with Crippen molar-refractivity contribution in [1.82, 2.24) is 14.8 Å². The van der Waals surface area contributed by atoms with Crippen LogP contribution in [0.5, 0.6) is 0 Å². The Morgan fingerprint density at radius 1 is 1.10 bits per heavy atom. The normalized spacial score (nSPS) is 11.2. The number of aromatic nitrogens is 3. The Balaban J connectivity index is 0.00000103. The molecule has 0 aliphatic rings. The van der Waals surface area contributed by atoms with E-state index in [4.69, 9.17) is 15.9 Å². The van der Waals surface area contributed by atoms with E-state index in [1.165, 1.54) is 12.8 Å². The maximum atomic E-state index is 12.4. The molecule has 0 aliphatic heterocycles. The third-order valence-electron chi connectivity index (χ3n) is 5.88. The van der Waals surface area contributed by atoms with Crippen LogP contribution in [0.1, 0.15) is 46.1 Å². The third-order valence-corrected chi connectivity index (χ3v) is 7.05. The molecule has 1 atom stereocenters. The number of carbonyl (C=O) groups is 1. The van der Waals surface area contributed by atoms with E-state index >= 15 is 0 Å². The monoisotopic (exact) mass is 668 g/mol. The molecular formula is C29H34IN8OP.